The van der Waals surface area contributed by atoms with E-state index in [1.54, 1.807) is 13.1 Å². The molecule has 0 spiro atoms. The van der Waals surface area contributed by atoms with Crippen molar-refractivity contribution in [2.45, 2.75) is 0 Å². The largest absolute Gasteiger partial charge is 0.322 e. The molecule has 8 heteroatoms. The van der Waals surface area contributed by atoms with Gasteiger partial charge < -0.3 is 15.5 Å². The topological polar surface area (TPSA) is 62.6 Å². The van der Waals surface area contributed by atoms with Crippen molar-refractivity contribution in [3.05, 3.63) is 59.9 Å². The SMILES string of the molecule is C[NH+](CC(=O)Nc1cccc(F)c1)CC(=O)Nc1ccc(F)cc1F. The summed E-state index contributed by atoms with van der Waals surface area (Å²) in [6, 6.07) is 8.25. The highest BCUT2D eigenvalue weighted by atomic mass is 19.1. The molecule has 25 heavy (non-hydrogen) atoms. The zero-order valence-corrected chi connectivity index (χ0v) is 13.4. The predicted molar refractivity (Wildman–Crippen MR) is 86.6 cm³/mol. The van der Waals surface area contributed by atoms with Gasteiger partial charge in [-0.05, 0) is 30.3 Å². The first-order valence-corrected chi connectivity index (χ1v) is 7.45. The molecular weight excluding hydrogens is 335 g/mol. The van der Waals surface area contributed by atoms with Crippen molar-refractivity contribution >= 4 is 23.2 Å². The van der Waals surface area contributed by atoms with Gasteiger partial charge in [-0.2, -0.15) is 0 Å². The molecule has 0 bridgehead atoms. The molecule has 0 fully saturated rings. The van der Waals surface area contributed by atoms with Crippen molar-refractivity contribution in [3.63, 3.8) is 0 Å². The fourth-order valence-electron chi connectivity index (χ4n) is 2.17. The van der Waals surface area contributed by atoms with Crippen molar-refractivity contribution in [3.8, 4) is 0 Å². The molecule has 0 heterocycles. The van der Waals surface area contributed by atoms with Gasteiger partial charge in [0.05, 0.1) is 12.7 Å². The molecule has 1 unspecified atom stereocenters. The third-order valence-corrected chi connectivity index (χ3v) is 3.24. The molecule has 0 aliphatic heterocycles. The number of hydrogen-bond acceptors (Lipinski definition) is 2. The smallest absolute Gasteiger partial charge is 0.279 e. The lowest BCUT2D eigenvalue weighted by Crippen LogP contribution is -3.11. The Labute approximate surface area is 142 Å². The van der Waals surface area contributed by atoms with Crippen LogP contribution in [0.3, 0.4) is 0 Å². The quantitative estimate of drug-likeness (QED) is 0.732. The van der Waals surface area contributed by atoms with E-state index in [9.17, 15) is 22.8 Å². The van der Waals surface area contributed by atoms with Gasteiger partial charge in [0.2, 0.25) is 0 Å². The number of halogens is 3. The van der Waals surface area contributed by atoms with Gasteiger partial charge in [-0.15, -0.1) is 0 Å². The lowest BCUT2D eigenvalue weighted by atomic mass is 10.3. The van der Waals surface area contributed by atoms with Crippen LogP contribution in [0.1, 0.15) is 0 Å². The molecule has 0 saturated carbocycles. The Morgan fingerprint density at radius 2 is 1.56 bits per heavy atom. The van der Waals surface area contributed by atoms with Gasteiger partial charge in [-0.3, -0.25) is 9.59 Å². The fourth-order valence-corrected chi connectivity index (χ4v) is 2.17. The monoisotopic (exact) mass is 352 g/mol. The zero-order chi connectivity index (χ0) is 18.4. The summed E-state index contributed by atoms with van der Waals surface area (Å²) in [7, 11) is 1.60. The first kappa shape index (κ1) is 18.5. The first-order valence-electron chi connectivity index (χ1n) is 7.45. The highest BCUT2D eigenvalue weighted by molar-refractivity contribution is 5.93. The minimum Gasteiger partial charge on any atom is -0.322 e. The lowest BCUT2D eigenvalue weighted by Gasteiger charge is -2.14. The van der Waals surface area contributed by atoms with Gasteiger partial charge in [0.25, 0.3) is 11.8 Å². The standard InChI is InChI=1S/C17H16F3N3O2/c1-23(9-16(24)21-13-4-2-3-11(18)7-13)10-17(25)22-15-6-5-12(19)8-14(15)20/h2-8H,9-10H2,1H3,(H,21,24)(H,22,25)/p+1. The average Bonchev–Trinajstić information content (AvgIpc) is 2.49. The first-order chi connectivity index (χ1) is 11.8. The summed E-state index contributed by atoms with van der Waals surface area (Å²) in [5.41, 5.74) is 0.180. The van der Waals surface area contributed by atoms with Crippen molar-refractivity contribution < 1.29 is 27.7 Å². The molecule has 2 aromatic carbocycles. The van der Waals surface area contributed by atoms with Crippen LogP contribution in [0.15, 0.2) is 42.5 Å². The number of anilines is 2. The van der Waals surface area contributed by atoms with Gasteiger partial charge in [0.15, 0.2) is 13.1 Å². The molecular formula is C17H17F3N3O2+. The zero-order valence-electron chi connectivity index (χ0n) is 13.4. The molecule has 1 atom stereocenters. The Bertz CT molecular complexity index is 783. The summed E-state index contributed by atoms with van der Waals surface area (Å²) < 4.78 is 39.3. The number of hydrogen-bond donors (Lipinski definition) is 3. The second kappa shape index (κ2) is 8.29. The van der Waals surface area contributed by atoms with E-state index in [-0.39, 0.29) is 18.8 Å². The van der Waals surface area contributed by atoms with Gasteiger partial charge in [-0.25, -0.2) is 13.2 Å². The summed E-state index contributed by atoms with van der Waals surface area (Å²) >= 11 is 0. The Kier molecular flexibility index (Phi) is 6.13. The van der Waals surface area contributed by atoms with Crippen LogP contribution in [-0.2, 0) is 9.59 Å². The van der Waals surface area contributed by atoms with E-state index in [0.29, 0.717) is 16.7 Å². The summed E-state index contributed by atoms with van der Waals surface area (Å²) in [5.74, 6) is -3.02. The van der Waals surface area contributed by atoms with Crippen molar-refractivity contribution in [2.75, 3.05) is 30.8 Å². The van der Waals surface area contributed by atoms with Crippen LogP contribution in [0.5, 0.6) is 0 Å². The lowest BCUT2D eigenvalue weighted by molar-refractivity contribution is -0.862. The van der Waals surface area contributed by atoms with E-state index in [1.807, 2.05) is 0 Å². The molecule has 5 nitrogen and oxygen atoms in total. The number of quaternary nitrogens is 1. The Morgan fingerprint density at radius 1 is 0.920 bits per heavy atom. The van der Waals surface area contributed by atoms with Crippen molar-refractivity contribution in [1.82, 2.24) is 0 Å². The predicted octanol–water partition coefficient (Wildman–Crippen LogP) is 1.20. The van der Waals surface area contributed by atoms with E-state index in [2.05, 4.69) is 10.6 Å². The normalized spacial score (nSPS) is 11.7. The van der Waals surface area contributed by atoms with Gasteiger partial charge in [-0.1, -0.05) is 6.07 Å². The number of benzene rings is 2. The summed E-state index contributed by atoms with van der Waals surface area (Å²) in [6.07, 6.45) is 0. The highest BCUT2D eigenvalue weighted by Crippen LogP contribution is 2.14. The molecule has 132 valence electrons. The summed E-state index contributed by atoms with van der Waals surface area (Å²) in [6.45, 7) is -0.150. The van der Waals surface area contributed by atoms with E-state index < -0.39 is 29.3 Å². The fraction of sp³-hybridized carbons (Fsp3) is 0.176. The minimum atomic E-state index is -0.880. The number of likely N-dealkylation sites (N-methyl/N-ethyl adjacent to an activating group) is 1. The van der Waals surface area contributed by atoms with Crippen LogP contribution in [-0.4, -0.2) is 32.0 Å². The van der Waals surface area contributed by atoms with Crippen LogP contribution in [0.2, 0.25) is 0 Å². The molecule has 2 rings (SSSR count). The van der Waals surface area contributed by atoms with Gasteiger partial charge in [0.1, 0.15) is 17.5 Å². The average molecular weight is 352 g/mol. The molecule has 0 aromatic heterocycles. The molecule has 0 saturated heterocycles. The number of amides is 2. The van der Waals surface area contributed by atoms with E-state index in [4.69, 9.17) is 0 Å². The minimum absolute atomic E-state index is 0.0458. The molecule has 3 N–H and O–H groups in total. The maximum atomic E-state index is 13.5. The molecule has 0 aliphatic carbocycles. The van der Waals surface area contributed by atoms with Crippen LogP contribution in [0, 0.1) is 17.5 Å². The highest BCUT2D eigenvalue weighted by Gasteiger charge is 2.16. The van der Waals surface area contributed by atoms with Crippen molar-refractivity contribution in [1.29, 1.82) is 0 Å². The molecule has 2 aromatic rings. The number of rotatable bonds is 6. The number of nitrogens with one attached hydrogen (secondary N) is 3. The maximum absolute atomic E-state index is 13.5. The second-order valence-corrected chi connectivity index (χ2v) is 5.54. The third kappa shape index (κ3) is 5.92. The Hall–Kier alpha value is -2.87. The number of carbonyl (C=O) groups excluding carboxylic acids is 2. The Balaban J connectivity index is 1.83. The molecule has 0 radical (unpaired) electrons. The van der Waals surface area contributed by atoms with E-state index >= 15 is 0 Å². The van der Waals surface area contributed by atoms with Crippen LogP contribution in [0.4, 0.5) is 24.5 Å². The van der Waals surface area contributed by atoms with E-state index in [0.717, 1.165) is 12.1 Å². The molecule has 2 amide bonds. The van der Waals surface area contributed by atoms with Crippen molar-refractivity contribution in [2.24, 2.45) is 0 Å². The second-order valence-electron chi connectivity index (χ2n) is 5.54. The third-order valence-electron chi connectivity index (χ3n) is 3.24. The van der Waals surface area contributed by atoms with E-state index in [1.165, 1.54) is 18.2 Å². The summed E-state index contributed by atoms with van der Waals surface area (Å²) in [4.78, 5) is 24.3. The summed E-state index contributed by atoms with van der Waals surface area (Å²) in [5, 5.41) is 4.83. The Morgan fingerprint density at radius 3 is 2.20 bits per heavy atom. The maximum Gasteiger partial charge on any atom is 0.279 e. The number of carbonyl (C=O) groups is 2. The molecule has 0 aliphatic rings. The van der Waals surface area contributed by atoms with Gasteiger partial charge in [0, 0.05) is 11.8 Å². The van der Waals surface area contributed by atoms with Crippen LogP contribution < -0.4 is 15.5 Å². The van der Waals surface area contributed by atoms with Crippen LogP contribution in [0.25, 0.3) is 0 Å². The van der Waals surface area contributed by atoms with Gasteiger partial charge >= 0.3 is 0 Å². The van der Waals surface area contributed by atoms with Crippen LogP contribution >= 0.6 is 0 Å².